The maximum Gasteiger partial charge on any atom is 0.319 e. The number of urea groups is 1. The average molecular weight is 477 g/mol. The Bertz CT molecular complexity index is 1300. The van der Waals surface area contributed by atoms with Gasteiger partial charge in [0.15, 0.2) is 17.4 Å². The maximum atomic E-state index is 15.0. The maximum absolute atomic E-state index is 15.0. The zero-order chi connectivity index (χ0) is 23.9. The molecule has 0 spiro atoms. The van der Waals surface area contributed by atoms with Crippen LogP contribution in [0.3, 0.4) is 0 Å². The molecule has 1 saturated carbocycles. The van der Waals surface area contributed by atoms with Gasteiger partial charge in [0.2, 0.25) is 0 Å². The summed E-state index contributed by atoms with van der Waals surface area (Å²) in [6, 6.07) is 4.40. The summed E-state index contributed by atoms with van der Waals surface area (Å²) in [5.41, 5.74) is 5.19. The van der Waals surface area contributed by atoms with Gasteiger partial charge in [-0.15, -0.1) is 0 Å². The number of carbonyl (C=O) groups excluding carboxylic acids is 2. The number of anilines is 1. The number of nitrogens with zero attached hydrogens (tertiary/aromatic N) is 1. The van der Waals surface area contributed by atoms with E-state index in [1.807, 2.05) is 6.92 Å². The number of halogens is 3. The van der Waals surface area contributed by atoms with Crippen molar-refractivity contribution in [3.8, 4) is 17.2 Å². The van der Waals surface area contributed by atoms with Gasteiger partial charge in [0, 0.05) is 29.3 Å². The Morgan fingerprint density at radius 2 is 1.94 bits per heavy atom. The molecule has 0 aliphatic heterocycles. The van der Waals surface area contributed by atoms with E-state index in [1.54, 1.807) is 0 Å². The largest absolute Gasteiger partial charge is 0.496 e. The lowest BCUT2D eigenvalue weighted by atomic mass is 10.1. The minimum absolute atomic E-state index is 0.000805. The molecular weight excluding hydrogens is 458 g/mol. The van der Waals surface area contributed by atoms with Gasteiger partial charge in [0.25, 0.3) is 5.91 Å². The third-order valence-corrected chi connectivity index (χ3v) is 5.65. The van der Waals surface area contributed by atoms with Crippen molar-refractivity contribution in [3.05, 3.63) is 52.7 Å². The fraction of sp³-hybridized carbons (Fsp3) is 0.227. The van der Waals surface area contributed by atoms with Gasteiger partial charge >= 0.3 is 6.03 Å². The van der Waals surface area contributed by atoms with E-state index in [0.29, 0.717) is 5.52 Å². The second-order valence-electron chi connectivity index (χ2n) is 7.85. The summed E-state index contributed by atoms with van der Waals surface area (Å²) < 4.78 is 40.4. The van der Waals surface area contributed by atoms with Gasteiger partial charge in [0.1, 0.15) is 16.5 Å². The minimum Gasteiger partial charge on any atom is -0.496 e. The van der Waals surface area contributed by atoms with E-state index >= 15 is 0 Å². The van der Waals surface area contributed by atoms with Gasteiger partial charge in [0.05, 0.1) is 23.9 Å². The molecule has 3 aromatic rings. The number of benzene rings is 2. The number of amides is 3. The molecule has 8 nitrogen and oxygen atoms in total. The molecule has 1 heterocycles. The van der Waals surface area contributed by atoms with Crippen LogP contribution in [0, 0.1) is 11.6 Å². The zero-order valence-corrected chi connectivity index (χ0v) is 18.3. The quantitative estimate of drug-likeness (QED) is 0.444. The van der Waals surface area contributed by atoms with Crippen LogP contribution in [0.25, 0.3) is 10.9 Å². The second-order valence-corrected chi connectivity index (χ2v) is 8.23. The Labute approximate surface area is 192 Å². The standard InChI is InChI=1S/C22H19ClF2N4O4/c1-22(4-5-22)29-21(31)28-14-8-12(24)19(18(25)17(14)23)33-15-3-6-27-13-9-16(32-2)11(20(26)30)7-10(13)15/h3,6-9H,4-5H2,1-2H3,(H2,26,30)(H2,28,29,31). The van der Waals surface area contributed by atoms with Crippen LogP contribution in [0.4, 0.5) is 19.3 Å². The summed E-state index contributed by atoms with van der Waals surface area (Å²) in [5, 5.41) is 4.79. The van der Waals surface area contributed by atoms with Gasteiger partial charge in [-0.1, -0.05) is 11.6 Å². The first kappa shape index (κ1) is 22.5. The van der Waals surface area contributed by atoms with E-state index in [1.165, 1.54) is 31.5 Å². The van der Waals surface area contributed by atoms with Crippen LogP contribution >= 0.6 is 11.6 Å². The fourth-order valence-corrected chi connectivity index (χ4v) is 3.40. The van der Waals surface area contributed by atoms with Crippen molar-refractivity contribution in [1.82, 2.24) is 10.3 Å². The monoisotopic (exact) mass is 476 g/mol. The predicted octanol–water partition coefficient (Wildman–Crippen LogP) is 4.74. The summed E-state index contributed by atoms with van der Waals surface area (Å²) in [5.74, 6) is -3.67. The number of aromatic nitrogens is 1. The van der Waals surface area contributed by atoms with Crippen molar-refractivity contribution in [3.63, 3.8) is 0 Å². The van der Waals surface area contributed by atoms with E-state index in [9.17, 15) is 18.4 Å². The molecule has 0 atom stereocenters. The van der Waals surface area contributed by atoms with Crippen LogP contribution in [-0.4, -0.2) is 29.6 Å². The highest BCUT2D eigenvalue weighted by Gasteiger charge is 2.38. The van der Waals surface area contributed by atoms with Crippen molar-refractivity contribution >= 4 is 40.1 Å². The summed E-state index contributed by atoms with van der Waals surface area (Å²) in [7, 11) is 1.36. The Morgan fingerprint density at radius 3 is 2.58 bits per heavy atom. The van der Waals surface area contributed by atoms with Crippen molar-refractivity contribution in [2.75, 3.05) is 12.4 Å². The van der Waals surface area contributed by atoms with E-state index in [-0.39, 0.29) is 33.7 Å². The minimum atomic E-state index is -1.21. The summed E-state index contributed by atoms with van der Waals surface area (Å²) in [6.45, 7) is 1.85. The van der Waals surface area contributed by atoms with Gasteiger partial charge in [-0.25, -0.2) is 13.6 Å². The number of nitrogens with one attached hydrogen (secondary N) is 2. The molecule has 33 heavy (non-hydrogen) atoms. The van der Waals surface area contributed by atoms with E-state index < -0.39 is 34.3 Å². The molecule has 1 aliphatic rings. The topological polar surface area (TPSA) is 116 Å². The molecule has 11 heteroatoms. The lowest BCUT2D eigenvalue weighted by Gasteiger charge is -2.16. The van der Waals surface area contributed by atoms with Crippen LogP contribution in [-0.2, 0) is 0 Å². The summed E-state index contributed by atoms with van der Waals surface area (Å²) in [4.78, 5) is 28.0. The van der Waals surface area contributed by atoms with E-state index in [4.69, 9.17) is 26.8 Å². The summed E-state index contributed by atoms with van der Waals surface area (Å²) in [6.07, 6.45) is 2.98. The normalized spacial score (nSPS) is 14.0. The number of pyridine rings is 1. The lowest BCUT2D eigenvalue weighted by Crippen LogP contribution is -2.37. The molecule has 4 N–H and O–H groups in total. The van der Waals surface area contributed by atoms with Gasteiger partial charge < -0.3 is 25.8 Å². The third-order valence-electron chi connectivity index (χ3n) is 5.28. The molecular formula is C22H19ClF2N4O4. The van der Waals surface area contributed by atoms with Crippen LogP contribution in [0.2, 0.25) is 5.02 Å². The van der Waals surface area contributed by atoms with Crippen LogP contribution < -0.4 is 25.8 Å². The van der Waals surface area contributed by atoms with Gasteiger partial charge in [-0.2, -0.15) is 0 Å². The zero-order valence-electron chi connectivity index (χ0n) is 17.6. The summed E-state index contributed by atoms with van der Waals surface area (Å²) >= 11 is 6.04. The molecule has 0 radical (unpaired) electrons. The highest BCUT2D eigenvalue weighted by atomic mass is 35.5. The average Bonchev–Trinajstić information content (AvgIpc) is 3.49. The first-order chi connectivity index (χ1) is 15.6. The van der Waals surface area contributed by atoms with Gasteiger partial charge in [-0.3, -0.25) is 9.78 Å². The number of primary amides is 1. The van der Waals surface area contributed by atoms with Gasteiger partial charge in [-0.05, 0) is 31.9 Å². The van der Waals surface area contributed by atoms with Crippen molar-refractivity contribution in [2.24, 2.45) is 5.73 Å². The fourth-order valence-electron chi connectivity index (χ4n) is 3.21. The number of rotatable bonds is 6. The van der Waals surface area contributed by atoms with Crippen molar-refractivity contribution < 1.29 is 27.8 Å². The van der Waals surface area contributed by atoms with E-state index in [2.05, 4.69) is 15.6 Å². The lowest BCUT2D eigenvalue weighted by molar-refractivity contribution is 0.0997. The van der Waals surface area contributed by atoms with E-state index in [0.717, 1.165) is 18.9 Å². The Hall–Kier alpha value is -3.66. The molecule has 172 valence electrons. The predicted molar refractivity (Wildman–Crippen MR) is 118 cm³/mol. The smallest absolute Gasteiger partial charge is 0.319 e. The molecule has 0 saturated heterocycles. The highest BCUT2D eigenvalue weighted by Crippen LogP contribution is 2.40. The third kappa shape index (κ3) is 4.47. The molecule has 3 amide bonds. The molecule has 1 aromatic heterocycles. The molecule has 0 unspecified atom stereocenters. The van der Waals surface area contributed by atoms with Crippen LogP contribution in [0.5, 0.6) is 17.2 Å². The number of fused-ring (bicyclic) bond motifs is 1. The molecule has 4 rings (SSSR count). The number of ether oxygens (including phenoxy) is 2. The molecule has 2 aromatic carbocycles. The molecule has 1 fully saturated rings. The second kappa shape index (κ2) is 8.36. The number of hydrogen-bond donors (Lipinski definition) is 3. The Kier molecular flexibility index (Phi) is 5.71. The van der Waals surface area contributed by atoms with Crippen LogP contribution in [0.1, 0.15) is 30.1 Å². The number of carbonyl (C=O) groups is 2. The van der Waals surface area contributed by atoms with Crippen molar-refractivity contribution in [2.45, 2.75) is 25.3 Å². The first-order valence-electron chi connectivity index (χ1n) is 9.83. The number of nitrogens with two attached hydrogens (primary N) is 1. The molecule has 1 aliphatic carbocycles. The van der Waals surface area contributed by atoms with Crippen molar-refractivity contribution in [1.29, 1.82) is 0 Å². The highest BCUT2D eigenvalue weighted by molar-refractivity contribution is 6.34. The Balaban J connectivity index is 1.69. The van der Waals surface area contributed by atoms with Crippen LogP contribution in [0.15, 0.2) is 30.5 Å². The number of methoxy groups -OCH3 is 1. The SMILES string of the molecule is COc1cc2nccc(Oc3c(F)cc(NC(=O)NC4(C)CC4)c(Cl)c3F)c2cc1C(N)=O. The molecule has 0 bridgehead atoms. The number of hydrogen-bond acceptors (Lipinski definition) is 5. The Morgan fingerprint density at radius 1 is 1.21 bits per heavy atom. The first-order valence-corrected chi connectivity index (χ1v) is 10.2.